The Morgan fingerprint density at radius 1 is 1.23 bits per heavy atom. The van der Waals surface area contributed by atoms with E-state index in [-0.39, 0.29) is 24.5 Å². The highest BCUT2D eigenvalue weighted by molar-refractivity contribution is 5.89. The zero-order chi connectivity index (χ0) is 16.4. The molecular formula is C15H19NO6. The number of anilines is 1. The van der Waals surface area contributed by atoms with Crippen LogP contribution in [0.15, 0.2) is 24.3 Å². The Balaban J connectivity index is 2.31. The smallest absolute Gasteiger partial charge is 0.412 e. The van der Waals surface area contributed by atoms with Crippen molar-refractivity contribution in [2.24, 2.45) is 0 Å². The average molecular weight is 309 g/mol. The lowest BCUT2D eigenvalue weighted by Gasteiger charge is -2.26. The van der Waals surface area contributed by atoms with E-state index < -0.39 is 23.5 Å². The Hall–Kier alpha value is -2.12. The van der Waals surface area contributed by atoms with Crippen molar-refractivity contribution in [2.75, 3.05) is 18.5 Å². The number of carboxylic acid groups (broad SMARTS) is 1. The lowest BCUT2D eigenvalue weighted by Crippen LogP contribution is -2.38. The van der Waals surface area contributed by atoms with E-state index in [0.717, 1.165) is 0 Å². The molecular weight excluding hydrogens is 290 g/mol. The number of aliphatic carboxylic acids is 1. The summed E-state index contributed by atoms with van der Waals surface area (Å²) in [7, 11) is 0. The van der Waals surface area contributed by atoms with Crippen LogP contribution in [-0.4, -0.2) is 36.0 Å². The van der Waals surface area contributed by atoms with E-state index in [1.807, 2.05) is 0 Å². The second kappa shape index (κ2) is 5.94. The Morgan fingerprint density at radius 2 is 1.82 bits per heavy atom. The highest BCUT2D eigenvalue weighted by Crippen LogP contribution is 2.36. The summed E-state index contributed by atoms with van der Waals surface area (Å²) in [6.07, 6.45) is -0.682. The molecule has 0 spiro atoms. The van der Waals surface area contributed by atoms with E-state index in [9.17, 15) is 14.7 Å². The molecule has 7 heteroatoms. The van der Waals surface area contributed by atoms with Crippen molar-refractivity contribution in [3.63, 3.8) is 0 Å². The number of carbonyl (C=O) groups excluding carboxylic acids is 1. The molecule has 7 nitrogen and oxygen atoms in total. The summed E-state index contributed by atoms with van der Waals surface area (Å²) in [5.41, 5.74) is -0.184. The lowest BCUT2D eigenvalue weighted by atomic mass is 10.0. The van der Waals surface area contributed by atoms with Crippen molar-refractivity contribution in [1.29, 1.82) is 0 Å². The second-order valence-corrected chi connectivity index (χ2v) is 5.79. The van der Waals surface area contributed by atoms with Crippen molar-refractivity contribution in [1.82, 2.24) is 0 Å². The van der Waals surface area contributed by atoms with Crippen LogP contribution < -0.4 is 5.32 Å². The standard InChI is InChI=1S/C15H19NO6/c1-14(2,3)22-13(19)16-11-7-5-4-6-10(11)15(12(17)18)20-8-9-21-15/h4-7H,8-9H2,1-3H3,(H,16,19)(H,17,18). The van der Waals surface area contributed by atoms with Crippen molar-refractivity contribution >= 4 is 17.7 Å². The SMILES string of the molecule is CC(C)(C)OC(=O)Nc1ccccc1C1(C(=O)O)OCCO1. The van der Waals surface area contributed by atoms with Gasteiger partial charge in [-0.15, -0.1) is 0 Å². The van der Waals surface area contributed by atoms with Crippen LogP contribution in [0.3, 0.4) is 0 Å². The van der Waals surface area contributed by atoms with E-state index in [1.165, 1.54) is 6.07 Å². The molecule has 0 aliphatic carbocycles. The molecule has 0 unspecified atom stereocenters. The van der Waals surface area contributed by atoms with E-state index in [4.69, 9.17) is 14.2 Å². The number of carbonyl (C=O) groups is 2. The van der Waals surface area contributed by atoms with Crippen LogP contribution in [0.4, 0.5) is 10.5 Å². The van der Waals surface area contributed by atoms with Crippen LogP contribution >= 0.6 is 0 Å². The van der Waals surface area contributed by atoms with Crippen molar-refractivity contribution in [3.05, 3.63) is 29.8 Å². The zero-order valence-corrected chi connectivity index (χ0v) is 12.7. The predicted molar refractivity (Wildman–Crippen MR) is 77.5 cm³/mol. The summed E-state index contributed by atoms with van der Waals surface area (Å²) in [5.74, 6) is -3.19. The van der Waals surface area contributed by atoms with Gasteiger partial charge in [-0.05, 0) is 26.8 Å². The fraction of sp³-hybridized carbons (Fsp3) is 0.467. The molecule has 1 fully saturated rings. The van der Waals surface area contributed by atoms with Crippen LogP contribution in [0.25, 0.3) is 0 Å². The number of rotatable bonds is 3. The molecule has 0 radical (unpaired) electrons. The molecule has 2 N–H and O–H groups in total. The van der Waals surface area contributed by atoms with Gasteiger partial charge in [-0.25, -0.2) is 9.59 Å². The topological polar surface area (TPSA) is 94.1 Å². The summed E-state index contributed by atoms with van der Waals surface area (Å²) in [5, 5.41) is 12.0. The fourth-order valence-corrected chi connectivity index (χ4v) is 2.10. The third kappa shape index (κ3) is 3.37. The molecule has 0 aromatic heterocycles. The third-order valence-corrected chi connectivity index (χ3v) is 2.89. The lowest BCUT2D eigenvalue weighted by molar-refractivity contribution is -0.205. The number of benzene rings is 1. The maximum atomic E-state index is 11.9. The van der Waals surface area contributed by atoms with Gasteiger partial charge in [-0.1, -0.05) is 18.2 Å². The van der Waals surface area contributed by atoms with Crippen LogP contribution in [-0.2, 0) is 24.8 Å². The summed E-state index contributed by atoms with van der Waals surface area (Å²) >= 11 is 0. The van der Waals surface area contributed by atoms with E-state index in [2.05, 4.69) is 5.32 Å². The molecule has 1 amide bonds. The van der Waals surface area contributed by atoms with E-state index in [1.54, 1.807) is 39.0 Å². The molecule has 1 aliphatic rings. The van der Waals surface area contributed by atoms with Crippen LogP contribution in [0, 0.1) is 0 Å². The maximum absolute atomic E-state index is 11.9. The first-order valence-corrected chi connectivity index (χ1v) is 6.85. The molecule has 120 valence electrons. The molecule has 2 rings (SSSR count). The van der Waals surface area contributed by atoms with Crippen LogP contribution in [0.1, 0.15) is 26.3 Å². The van der Waals surface area contributed by atoms with Crippen molar-refractivity contribution in [2.45, 2.75) is 32.2 Å². The third-order valence-electron chi connectivity index (χ3n) is 2.89. The number of carboxylic acids is 1. The first kappa shape index (κ1) is 16.3. The van der Waals surface area contributed by atoms with Crippen molar-refractivity contribution < 1.29 is 28.9 Å². The Kier molecular flexibility index (Phi) is 4.39. The van der Waals surface area contributed by atoms with Gasteiger partial charge < -0.3 is 19.3 Å². The van der Waals surface area contributed by atoms with Gasteiger partial charge in [-0.2, -0.15) is 0 Å². The number of hydrogen-bond donors (Lipinski definition) is 2. The minimum absolute atomic E-state index is 0.160. The van der Waals surface area contributed by atoms with Gasteiger partial charge in [0.1, 0.15) is 5.60 Å². The van der Waals surface area contributed by atoms with Gasteiger partial charge in [-0.3, -0.25) is 5.32 Å². The van der Waals surface area contributed by atoms with Crippen molar-refractivity contribution in [3.8, 4) is 0 Å². The number of nitrogens with one attached hydrogen (secondary N) is 1. The van der Waals surface area contributed by atoms with Gasteiger partial charge in [0, 0.05) is 5.56 Å². The Bertz CT molecular complexity index is 572. The molecule has 1 aromatic rings. The van der Waals surface area contributed by atoms with E-state index in [0.29, 0.717) is 0 Å². The van der Waals surface area contributed by atoms with Gasteiger partial charge in [0.15, 0.2) is 0 Å². The second-order valence-electron chi connectivity index (χ2n) is 5.79. The minimum atomic E-state index is -1.91. The van der Waals surface area contributed by atoms with Gasteiger partial charge in [0.2, 0.25) is 0 Å². The fourth-order valence-electron chi connectivity index (χ4n) is 2.10. The normalized spacial score (nSPS) is 17.0. The quantitative estimate of drug-likeness (QED) is 0.890. The predicted octanol–water partition coefficient (Wildman–Crippen LogP) is 2.32. The van der Waals surface area contributed by atoms with Gasteiger partial charge >= 0.3 is 12.1 Å². The molecule has 1 heterocycles. The minimum Gasteiger partial charge on any atom is -0.477 e. The molecule has 22 heavy (non-hydrogen) atoms. The number of hydrogen-bond acceptors (Lipinski definition) is 5. The largest absolute Gasteiger partial charge is 0.477 e. The average Bonchev–Trinajstić information content (AvgIpc) is 2.87. The summed E-state index contributed by atoms with van der Waals surface area (Å²) in [6, 6.07) is 6.41. The summed E-state index contributed by atoms with van der Waals surface area (Å²) in [6.45, 7) is 5.53. The Morgan fingerprint density at radius 3 is 2.36 bits per heavy atom. The van der Waals surface area contributed by atoms with Gasteiger partial charge in [0.25, 0.3) is 5.79 Å². The Labute approximate surface area is 128 Å². The maximum Gasteiger partial charge on any atom is 0.412 e. The van der Waals surface area contributed by atoms with Crippen LogP contribution in [0.5, 0.6) is 0 Å². The first-order valence-electron chi connectivity index (χ1n) is 6.85. The highest BCUT2D eigenvalue weighted by Gasteiger charge is 2.48. The number of para-hydroxylation sites is 1. The molecule has 1 saturated heterocycles. The summed E-state index contributed by atoms with van der Waals surface area (Å²) < 4.78 is 15.8. The zero-order valence-electron chi connectivity index (χ0n) is 12.7. The number of ether oxygens (including phenoxy) is 3. The van der Waals surface area contributed by atoms with Crippen LogP contribution in [0.2, 0.25) is 0 Å². The molecule has 1 aliphatic heterocycles. The monoisotopic (exact) mass is 309 g/mol. The van der Waals surface area contributed by atoms with E-state index >= 15 is 0 Å². The molecule has 1 aromatic carbocycles. The number of amides is 1. The molecule has 0 saturated carbocycles. The highest BCUT2D eigenvalue weighted by atomic mass is 16.8. The molecule has 0 bridgehead atoms. The molecule has 0 atom stereocenters. The summed E-state index contributed by atoms with van der Waals surface area (Å²) in [4.78, 5) is 23.5. The first-order chi connectivity index (χ1) is 10.2. The van der Waals surface area contributed by atoms with Gasteiger partial charge in [0.05, 0.1) is 18.9 Å².